The van der Waals surface area contributed by atoms with Crippen LogP contribution in [0.5, 0.6) is 0 Å². The fraction of sp³-hybridized carbons (Fsp3) is 0.333. The topological polar surface area (TPSA) is 34.1 Å². The Labute approximate surface area is 73.2 Å². The van der Waals surface area contributed by atoms with E-state index in [0.29, 0.717) is 4.90 Å². The summed E-state index contributed by atoms with van der Waals surface area (Å²) in [6.45, 7) is 3.68. The lowest BCUT2D eigenvalue weighted by Crippen LogP contribution is -2.00. The van der Waals surface area contributed by atoms with Gasteiger partial charge >= 0.3 is 0 Å². The zero-order valence-electron chi connectivity index (χ0n) is 7.46. The van der Waals surface area contributed by atoms with E-state index in [1.54, 1.807) is 13.0 Å². The molecule has 1 rings (SSSR count). The molecule has 0 saturated carbocycles. The molecule has 0 N–H and O–H groups in total. The van der Waals surface area contributed by atoms with E-state index in [1.807, 2.05) is 19.1 Å². The molecule has 0 atom stereocenters. The van der Waals surface area contributed by atoms with Crippen LogP contribution >= 0.6 is 0 Å². The van der Waals surface area contributed by atoms with Crippen molar-refractivity contribution < 1.29 is 8.42 Å². The van der Waals surface area contributed by atoms with Crippen LogP contribution in [0.4, 0.5) is 0 Å². The zero-order valence-corrected chi connectivity index (χ0v) is 8.27. The number of hydrogen-bond donors (Lipinski definition) is 0. The van der Waals surface area contributed by atoms with Crippen LogP contribution in [0.15, 0.2) is 23.1 Å². The van der Waals surface area contributed by atoms with Crippen molar-refractivity contribution in [2.75, 3.05) is 6.26 Å². The zero-order chi connectivity index (χ0) is 9.35. The molecule has 0 spiro atoms. The molecule has 0 aromatic heterocycles. The Kier molecular flexibility index (Phi) is 2.24. The Morgan fingerprint density at radius 3 is 2.17 bits per heavy atom. The van der Waals surface area contributed by atoms with E-state index < -0.39 is 9.84 Å². The van der Waals surface area contributed by atoms with Crippen molar-refractivity contribution in [3.05, 3.63) is 29.3 Å². The summed E-state index contributed by atoms with van der Waals surface area (Å²) in [6.07, 6.45) is 1.23. The molecule has 0 radical (unpaired) electrons. The van der Waals surface area contributed by atoms with E-state index in [-0.39, 0.29) is 0 Å². The van der Waals surface area contributed by atoms with Gasteiger partial charge in [0.2, 0.25) is 0 Å². The first-order chi connectivity index (χ1) is 5.41. The molecule has 1 aromatic carbocycles. The second kappa shape index (κ2) is 2.90. The molecule has 0 aliphatic heterocycles. The van der Waals surface area contributed by atoms with Crippen LogP contribution < -0.4 is 0 Å². The molecule has 0 bridgehead atoms. The Bertz CT molecular complexity index is 391. The van der Waals surface area contributed by atoms with Gasteiger partial charge in [-0.05, 0) is 31.0 Å². The van der Waals surface area contributed by atoms with Crippen LogP contribution in [0.1, 0.15) is 11.1 Å². The summed E-state index contributed by atoms with van der Waals surface area (Å²) in [7, 11) is -3.06. The van der Waals surface area contributed by atoms with Gasteiger partial charge in [0.15, 0.2) is 9.84 Å². The second-order valence-electron chi connectivity index (χ2n) is 3.04. The minimum absolute atomic E-state index is 0.433. The van der Waals surface area contributed by atoms with E-state index in [2.05, 4.69) is 0 Å². The maximum Gasteiger partial charge on any atom is 0.175 e. The minimum atomic E-state index is -3.06. The predicted molar refractivity (Wildman–Crippen MR) is 49.0 cm³/mol. The van der Waals surface area contributed by atoms with E-state index in [1.165, 1.54) is 6.26 Å². The lowest BCUT2D eigenvalue weighted by atomic mass is 10.2. The Morgan fingerprint density at radius 2 is 1.75 bits per heavy atom. The predicted octanol–water partition coefficient (Wildman–Crippen LogP) is 1.71. The maximum absolute atomic E-state index is 11.2. The van der Waals surface area contributed by atoms with Gasteiger partial charge in [-0.15, -0.1) is 0 Å². The molecular formula is C9H12O2S. The number of hydrogen-bond acceptors (Lipinski definition) is 2. The highest BCUT2D eigenvalue weighted by atomic mass is 32.2. The van der Waals surface area contributed by atoms with Crippen molar-refractivity contribution in [1.82, 2.24) is 0 Å². The first-order valence-corrected chi connectivity index (χ1v) is 5.58. The van der Waals surface area contributed by atoms with Crippen molar-refractivity contribution in [3.8, 4) is 0 Å². The Morgan fingerprint density at radius 1 is 1.17 bits per heavy atom. The Hall–Kier alpha value is -0.830. The molecule has 0 saturated heterocycles. The molecular weight excluding hydrogens is 172 g/mol. The average Bonchev–Trinajstić information content (AvgIpc) is 1.92. The van der Waals surface area contributed by atoms with Gasteiger partial charge in [-0.2, -0.15) is 0 Å². The van der Waals surface area contributed by atoms with Crippen LogP contribution in [0.25, 0.3) is 0 Å². The molecule has 1 aromatic rings. The second-order valence-corrected chi connectivity index (χ2v) is 5.03. The summed E-state index contributed by atoms with van der Waals surface area (Å²) in [5.74, 6) is 0. The summed E-state index contributed by atoms with van der Waals surface area (Å²) < 4.78 is 22.4. The third kappa shape index (κ3) is 1.85. The molecule has 2 nitrogen and oxygen atoms in total. The number of rotatable bonds is 1. The van der Waals surface area contributed by atoms with Gasteiger partial charge in [0, 0.05) is 6.26 Å². The van der Waals surface area contributed by atoms with Crippen molar-refractivity contribution in [2.45, 2.75) is 18.7 Å². The van der Waals surface area contributed by atoms with Gasteiger partial charge in [0.25, 0.3) is 0 Å². The van der Waals surface area contributed by atoms with Crippen LogP contribution in [0.3, 0.4) is 0 Å². The summed E-state index contributed by atoms with van der Waals surface area (Å²) in [5.41, 5.74) is 1.78. The van der Waals surface area contributed by atoms with Crippen molar-refractivity contribution in [3.63, 3.8) is 0 Å². The fourth-order valence-corrected chi connectivity index (χ4v) is 2.16. The van der Waals surface area contributed by atoms with Gasteiger partial charge in [-0.3, -0.25) is 0 Å². The smallest absolute Gasteiger partial charge is 0.175 e. The van der Waals surface area contributed by atoms with Crippen molar-refractivity contribution in [2.24, 2.45) is 0 Å². The molecule has 0 aliphatic rings. The van der Waals surface area contributed by atoms with Gasteiger partial charge < -0.3 is 0 Å². The van der Waals surface area contributed by atoms with E-state index in [0.717, 1.165) is 11.1 Å². The highest BCUT2D eigenvalue weighted by molar-refractivity contribution is 7.90. The molecule has 0 unspecified atom stereocenters. The van der Waals surface area contributed by atoms with Gasteiger partial charge in [0.05, 0.1) is 4.90 Å². The number of sulfone groups is 1. The summed E-state index contributed by atoms with van der Waals surface area (Å²) in [5, 5.41) is 0. The van der Waals surface area contributed by atoms with Gasteiger partial charge in [0.1, 0.15) is 0 Å². The maximum atomic E-state index is 11.2. The van der Waals surface area contributed by atoms with Gasteiger partial charge in [-0.25, -0.2) is 8.42 Å². The molecule has 66 valence electrons. The lowest BCUT2D eigenvalue weighted by molar-refractivity contribution is 0.601. The number of aryl methyl sites for hydroxylation is 2. The SMILES string of the molecule is Cc1ccc(C)c(S(C)(=O)=O)c1. The molecule has 3 heteroatoms. The molecule has 12 heavy (non-hydrogen) atoms. The highest BCUT2D eigenvalue weighted by Gasteiger charge is 2.09. The molecule has 0 heterocycles. The normalized spacial score (nSPS) is 11.6. The largest absolute Gasteiger partial charge is 0.224 e. The first kappa shape index (κ1) is 9.26. The Balaban J connectivity index is 3.43. The summed E-state index contributed by atoms with van der Waals surface area (Å²) in [6, 6.07) is 5.43. The third-order valence-electron chi connectivity index (χ3n) is 1.74. The highest BCUT2D eigenvalue weighted by Crippen LogP contribution is 2.15. The quantitative estimate of drug-likeness (QED) is 0.665. The van der Waals surface area contributed by atoms with E-state index >= 15 is 0 Å². The number of benzene rings is 1. The third-order valence-corrected chi connectivity index (χ3v) is 2.98. The molecule has 0 amide bonds. The van der Waals surface area contributed by atoms with Crippen LogP contribution in [0, 0.1) is 13.8 Å². The average molecular weight is 184 g/mol. The fourth-order valence-electron chi connectivity index (χ4n) is 1.11. The first-order valence-electron chi connectivity index (χ1n) is 3.68. The van der Waals surface area contributed by atoms with Crippen LogP contribution in [-0.2, 0) is 9.84 Å². The van der Waals surface area contributed by atoms with Crippen molar-refractivity contribution >= 4 is 9.84 Å². The summed E-state index contributed by atoms with van der Waals surface area (Å²) in [4.78, 5) is 0.433. The summed E-state index contributed by atoms with van der Waals surface area (Å²) >= 11 is 0. The van der Waals surface area contributed by atoms with E-state index in [4.69, 9.17) is 0 Å². The minimum Gasteiger partial charge on any atom is -0.224 e. The van der Waals surface area contributed by atoms with Gasteiger partial charge in [-0.1, -0.05) is 12.1 Å². The molecule has 0 aliphatic carbocycles. The standard InChI is InChI=1S/C9H12O2S/c1-7-4-5-8(2)9(6-7)12(3,10)11/h4-6H,1-3H3. The van der Waals surface area contributed by atoms with Crippen LogP contribution in [-0.4, -0.2) is 14.7 Å². The molecule has 0 fully saturated rings. The lowest BCUT2D eigenvalue weighted by Gasteiger charge is -2.03. The van der Waals surface area contributed by atoms with E-state index in [9.17, 15) is 8.42 Å². The van der Waals surface area contributed by atoms with Crippen molar-refractivity contribution in [1.29, 1.82) is 0 Å². The van der Waals surface area contributed by atoms with Crippen LogP contribution in [0.2, 0.25) is 0 Å². The monoisotopic (exact) mass is 184 g/mol.